The summed E-state index contributed by atoms with van der Waals surface area (Å²) in [5.41, 5.74) is 3.19. The summed E-state index contributed by atoms with van der Waals surface area (Å²) in [7, 11) is 0. The van der Waals surface area contributed by atoms with Gasteiger partial charge >= 0.3 is 5.97 Å². The maximum atomic E-state index is 12.1. The maximum Gasteiger partial charge on any atom is 0.338 e. The zero-order chi connectivity index (χ0) is 20.4. The number of anilines is 1. The highest BCUT2D eigenvalue weighted by Gasteiger charge is 2.11. The van der Waals surface area contributed by atoms with Crippen LogP contribution in [0.5, 0.6) is 5.75 Å². The lowest BCUT2D eigenvalue weighted by molar-refractivity contribution is -0.119. The zero-order valence-electron chi connectivity index (χ0n) is 16.9. The minimum atomic E-state index is -0.537. The van der Waals surface area contributed by atoms with Gasteiger partial charge < -0.3 is 14.8 Å². The largest absolute Gasteiger partial charge is 0.494 e. The molecule has 28 heavy (non-hydrogen) atoms. The Hall–Kier alpha value is -2.82. The summed E-state index contributed by atoms with van der Waals surface area (Å²) >= 11 is 0. The smallest absolute Gasteiger partial charge is 0.338 e. The van der Waals surface area contributed by atoms with Gasteiger partial charge in [0.2, 0.25) is 0 Å². The van der Waals surface area contributed by atoms with Crippen molar-refractivity contribution in [1.29, 1.82) is 0 Å². The molecule has 0 aliphatic rings. The van der Waals surface area contributed by atoms with Gasteiger partial charge in [-0.25, -0.2) is 4.79 Å². The van der Waals surface area contributed by atoms with Crippen LogP contribution in [0.3, 0.4) is 0 Å². The van der Waals surface area contributed by atoms with E-state index in [0.717, 1.165) is 29.7 Å². The summed E-state index contributed by atoms with van der Waals surface area (Å²) in [5, 5.41) is 2.75. The van der Waals surface area contributed by atoms with Crippen molar-refractivity contribution in [2.24, 2.45) is 0 Å². The van der Waals surface area contributed by atoms with E-state index in [1.165, 1.54) is 12.8 Å². The quantitative estimate of drug-likeness (QED) is 0.460. The van der Waals surface area contributed by atoms with Crippen molar-refractivity contribution in [2.45, 2.75) is 46.5 Å². The van der Waals surface area contributed by atoms with Gasteiger partial charge in [-0.3, -0.25) is 4.79 Å². The third-order valence-electron chi connectivity index (χ3n) is 4.35. The maximum absolute atomic E-state index is 12.1. The Morgan fingerprint density at radius 1 is 0.964 bits per heavy atom. The molecule has 0 atom stereocenters. The Balaban J connectivity index is 1.76. The van der Waals surface area contributed by atoms with E-state index in [2.05, 4.69) is 12.2 Å². The number of esters is 1. The van der Waals surface area contributed by atoms with E-state index in [0.29, 0.717) is 17.9 Å². The SMILES string of the molecule is CCCCCCOc1ccc(C(=O)OCC(=O)Nc2ccc(C)cc2C)cc1. The highest BCUT2D eigenvalue weighted by molar-refractivity contribution is 5.95. The minimum absolute atomic E-state index is 0.332. The molecular formula is C23H29NO4. The minimum Gasteiger partial charge on any atom is -0.494 e. The van der Waals surface area contributed by atoms with E-state index < -0.39 is 5.97 Å². The van der Waals surface area contributed by atoms with Crippen molar-refractivity contribution < 1.29 is 19.1 Å². The second-order valence-corrected chi connectivity index (χ2v) is 6.88. The normalized spacial score (nSPS) is 10.4. The van der Waals surface area contributed by atoms with Gasteiger partial charge in [-0.05, 0) is 56.2 Å². The van der Waals surface area contributed by atoms with E-state index in [-0.39, 0.29) is 12.5 Å². The highest BCUT2D eigenvalue weighted by atomic mass is 16.5. The van der Waals surface area contributed by atoms with Crippen LogP contribution >= 0.6 is 0 Å². The van der Waals surface area contributed by atoms with Crippen LogP contribution in [0.15, 0.2) is 42.5 Å². The molecule has 0 aromatic heterocycles. The highest BCUT2D eigenvalue weighted by Crippen LogP contribution is 2.16. The summed E-state index contributed by atoms with van der Waals surface area (Å²) in [4.78, 5) is 24.1. The van der Waals surface area contributed by atoms with E-state index in [9.17, 15) is 9.59 Å². The summed E-state index contributed by atoms with van der Waals surface area (Å²) in [5.74, 6) is -0.182. The van der Waals surface area contributed by atoms with Crippen LogP contribution in [0.4, 0.5) is 5.69 Å². The average Bonchev–Trinajstić information content (AvgIpc) is 2.68. The molecule has 1 N–H and O–H groups in total. The molecular weight excluding hydrogens is 354 g/mol. The molecule has 0 heterocycles. The number of ether oxygens (including phenoxy) is 2. The molecule has 2 aromatic carbocycles. The number of carbonyl (C=O) groups excluding carboxylic acids is 2. The molecule has 5 nitrogen and oxygen atoms in total. The number of rotatable bonds is 10. The van der Waals surface area contributed by atoms with Gasteiger partial charge in [0.05, 0.1) is 12.2 Å². The monoisotopic (exact) mass is 383 g/mol. The fourth-order valence-corrected chi connectivity index (χ4v) is 2.76. The molecule has 2 rings (SSSR count). The van der Waals surface area contributed by atoms with Crippen LogP contribution in [0.1, 0.15) is 54.1 Å². The van der Waals surface area contributed by atoms with Crippen LogP contribution in [-0.2, 0) is 9.53 Å². The lowest BCUT2D eigenvalue weighted by Crippen LogP contribution is -2.21. The fourth-order valence-electron chi connectivity index (χ4n) is 2.76. The number of benzene rings is 2. The van der Waals surface area contributed by atoms with E-state index in [4.69, 9.17) is 9.47 Å². The molecule has 0 radical (unpaired) electrons. The van der Waals surface area contributed by atoms with Crippen LogP contribution < -0.4 is 10.1 Å². The number of unbranched alkanes of at least 4 members (excludes halogenated alkanes) is 3. The molecule has 0 aliphatic carbocycles. The van der Waals surface area contributed by atoms with Crippen molar-refractivity contribution in [2.75, 3.05) is 18.5 Å². The first-order valence-corrected chi connectivity index (χ1v) is 9.76. The van der Waals surface area contributed by atoms with Crippen molar-refractivity contribution in [3.8, 4) is 5.75 Å². The number of aryl methyl sites for hydroxylation is 2. The van der Waals surface area contributed by atoms with Crippen LogP contribution in [-0.4, -0.2) is 25.1 Å². The summed E-state index contributed by atoms with van der Waals surface area (Å²) in [6.45, 7) is 6.42. The molecule has 0 spiro atoms. The lowest BCUT2D eigenvalue weighted by atomic mass is 10.1. The molecule has 0 aliphatic heterocycles. The molecule has 0 fully saturated rings. The summed E-state index contributed by atoms with van der Waals surface area (Å²) < 4.78 is 10.8. The van der Waals surface area contributed by atoms with Crippen LogP contribution in [0.25, 0.3) is 0 Å². The van der Waals surface area contributed by atoms with Gasteiger partial charge in [0, 0.05) is 5.69 Å². The number of amides is 1. The van der Waals surface area contributed by atoms with Crippen molar-refractivity contribution in [1.82, 2.24) is 0 Å². The molecule has 2 aromatic rings. The van der Waals surface area contributed by atoms with Gasteiger partial charge in [-0.2, -0.15) is 0 Å². The summed E-state index contributed by atoms with van der Waals surface area (Å²) in [6.07, 6.45) is 4.59. The lowest BCUT2D eigenvalue weighted by Gasteiger charge is -2.10. The van der Waals surface area contributed by atoms with Crippen molar-refractivity contribution in [3.63, 3.8) is 0 Å². The molecule has 150 valence electrons. The first kappa shape index (κ1) is 21.5. The molecule has 0 saturated carbocycles. The number of hydrogen-bond donors (Lipinski definition) is 1. The predicted octanol–water partition coefficient (Wildman–Crippen LogP) is 5.06. The number of hydrogen-bond acceptors (Lipinski definition) is 4. The number of carbonyl (C=O) groups is 2. The predicted molar refractivity (Wildman–Crippen MR) is 111 cm³/mol. The standard InChI is InChI=1S/C23H29NO4/c1-4-5-6-7-14-27-20-11-9-19(10-12-20)23(26)28-16-22(25)24-21-13-8-17(2)15-18(21)3/h8-13,15H,4-7,14,16H2,1-3H3,(H,24,25). The Morgan fingerprint density at radius 2 is 1.71 bits per heavy atom. The number of nitrogens with one attached hydrogen (secondary N) is 1. The van der Waals surface area contributed by atoms with Gasteiger partial charge in [0.1, 0.15) is 5.75 Å². The van der Waals surface area contributed by atoms with Crippen molar-refractivity contribution in [3.05, 3.63) is 59.2 Å². The first-order valence-electron chi connectivity index (χ1n) is 9.76. The zero-order valence-corrected chi connectivity index (χ0v) is 16.9. The average molecular weight is 383 g/mol. The van der Waals surface area contributed by atoms with Gasteiger partial charge in [-0.15, -0.1) is 0 Å². The Kier molecular flexibility index (Phi) is 8.53. The van der Waals surface area contributed by atoms with Crippen LogP contribution in [0, 0.1) is 13.8 Å². The van der Waals surface area contributed by atoms with E-state index >= 15 is 0 Å². The first-order chi connectivity index (χ1) is 13.5. The van der Waals surface area contributed by atoms with Crippen LogP contribution in [0.2, 0.25) is 0 Å². The van der Waals surface area contributed by atoms with Gasteiger partial charge in [0.25, 0.3) is 5.91 Å². The summed E-state index contributed by atoms with van der Waals surface area (Å²) in [6, 6.07) is 12.5. The van der Waals surface area contributed by atoms with Gasteiger partial charge in [0.15, 0.2) is 6.61 Å². The second-order valence-electron chi connectivity index (χ2n) is 6.88. The van der Waals surface area contributed by atoms with Gasteiger partial charge in [-0.1, -0.05) is 43.9 Å². The third-order valence-corrected chi connectivity index (χ3v) is 4.35. The molecule has 5 heteroatoms. The van der Waals surface area contributed by atoms with E-state index in [1.54, 1.807) is 24.3 Å². The Labute approximate surface area is 167 Å². The molecule has 0 bridgehead atoms. The third kappa shape index (κ3) is 7.06. The second kappa shape index (κ2) is 11.1. The van der Waals surface area contributed by atoms with Crippen molar-refractivity contribution >= 4 is 17.6 Å². The van der Waals surface area contributed by atoms with E-state index in [1.807, 2.05) is 32.0 Å². The molecule has 0 unspecified atom stereocenters. The Bertz CT molecular complexity index is 784. The molecule has 0 saturated heterocycles. The Morgan fingerprint density at radius 3 is 2.39 bits per heavy atom. The fraction of sp³-hybridized carbons (Fsp3) is 0.391. The topological polar surface area (TPSA) is 64.6 Å². The molecule has 1 amide bonds.